The first-order valence-electron chi connectivity index (χ1n) is 8.50. The Balaban J connectivity index is 1.56. The second-order valence-electron chi connectivity index (χ2n) is 6.52. The van der Waals surface area contributed by atoms with E-state index in [0.717, 1.165) is 30.9 Å². The van der Waals surface area contributed by atoms with Crippen LogP contribution in [0.25, 0.3) is 0 Å². The van der Waals surface area contributed by atoms with Gasteiger partial charge in [-0.2, -0.15) is 0 Å². The number of benzene rings is 1. The van der Waals surface area contributed by atoms with Gasteiger partial charge in [-0.1, -0.05) is 6.07 Å². The van der Waals surface area contributed by atoms with Crippen LogP contribution in [0.1, 0.15) is 12.8 Å². The highest BCUT2D eigenvalue weighted by Gasteiger charge is 2.32. The Morgan fingerprint density at radius 3 is 2.58 bits per heavy atom. The molecule has 2 aliphatic heterocycles. The molecule has 2 amide bonds. The van der Waals surface area contributed by atoms with Gasteiger partial charge in [0.15, 0.2) is 0 Å². The van der Waals surface area contributed by atoms with Crippen molar-refractivity contribution in [2.45, 2.75) is 12.8 Å². The van der Waals surface area contributed by atoms with Crippen LogP contribution < -0.4 is 9.64 Å². The molecule has 130 valence electrons. The molecule has 0 aliphatic carbocycles. The molecule has 3 rings (SSSR count). The third-order valence-corrected chi connectivity index (χ3v) is 5.02. The molecule has 2 fully saturated rings. The maximum absolute atomic E-state index is 12.7. The number of nitrogens with zero attached hydrogens (tertiary/aromatic N) is 3. The summed E-state index contributed by atoms with van der Waals surface area (Å²) in [6.45, 7) is 3.70. The lowest BCUT2D eigenvalue weighted by atomic mass is 9.94. The van der Waals surface area contributed by atoms with Crippen molar-refractivity contribution in [1.29, 1.82) is 0 Å². The average Bonchev–Trinajstić information content (AvgIpc) is 2.63. The van der Waals surface area contributed by atoms with Gasteiger partial charge in [0.2, 0.25) is 11.8 Å². The number of amides is 2. The Kier molecular flexibility index (Phi) is 4.92. The van der Waals surface area contributed by atoms with Crippen LogP contribution in [0.2, 0.25) is 0 Å². The number of piperazine rings is 1. The molecule has 0 spiro atoms. The first kappa shape index (κ1) is 16.6. The molecule has 0 aromatic heterocycles. The van der Waals surface area contributed by atoms with E-state index in [-0.39, 0.29) is 17.7 Å². The maximum atomic E-state index is 12.7. The standard InChI is InChI=1S/C18H25N3O3/c1-19-7-6-14(12-17(19)22)18(23)21-10-8-20(9-11-21)15-4-3-5-16(13-15)24-2/h3-5,13-14H,6-12H2,1-2H3/t14-/m0/s1. The molecule has 0 bridgehead atoms. The van der Waals surface area contributed by atoms with Crippen LogP contribution in [-0.4, -0.2) is 68.5 Å². The summed E-state index contributed by atoms with van der Waals surface area (Å²) in [4.78, 5) is 30.4. The lowest BCUT2D eigenvalue weighted by molar-refractivity contribution is -0.144. The number of carbonyl (C=O) groups excluding carboxylic acids is 2. The van der Waals surface area contributed by atoms with E-state index < -0.39 is 0 Å². The van der Waals surface area contributed by atoms with E-state index in [1.807, 2.05) is 23.1 Å². The quantitative estimate of drug-likeness (QED) is 0.835. The Morgan fingerprint density at radius 2 is 1.92 bits per heavy atom. The predicted molar refractivity (Wildman–Crippen MR) is 92.1 cm³/mol. The number of rotatable bonds is 3. The van der Waals surface area contributed by atoms with Crippen LogP contribution in [0.4, 0.5) is 5.69 Å². The van der Waals surface area contributed by atoms with E-state index in [4.69, 9.17) is 4.74 Å². The minimum Gasteiger partial charge on any atom is -0.497 e. The van der Waals surface area contributed by atoms with Crippen molar-refractivity contribution >= 4 is 17.5 Å². The minimum absolute atomic E-state index is 0.0783. The molecule has 6 heteroatoms. The molecule has 6 nitrogen and oxygen atoms in total. The van der Waals surface area contributed by atoms with Crippen LogP contribution in [0.3, 0.4) is 0 Å². The summed E-state index contributed by atoms with van der Waals surface area (Å²) < 4.78 is 5.28. The van der Waals surface area contributed by atoms with Crippen LogP contribution in [-0.2, 0) is 9.59 Å². The molecule has 0 unspecified atom stereocenters. The highest BCUT2D eigenvalue weighted by molar-refractivity contribution is 5.87. The Labute approximate surface area is 143 Å². The van der Waals surface area contributed by atoms with Crippen molar-refractivity contribution in [3.63, 3.8) is 0 Å². The van der Waals surface area contributed by atoms with Crippen molar-refractivity contribution in [1.82, 2.24) is 9.80 Å². The van der Waals surface area contributed by atoms with Crippen LogP contribution in [0.5, 0.6) is 5.75 Å². The van der Waals surface area contributed by atoms with Gasteiger partial charge in [-0.15, -0.1) is 0 Å². The Morgan fingerprint density at radius 1 is 1.17 bits per heavy atom. The smallest absolute Gasteiger partial charge is 0.226 e. The minimum atomic E-state index is -0.142. The molecular weight excluding hydrogens is 306 g/mol. The fraction of sp³-hybridized carbons (Fsp3) is 0.556. The number of likely N-dealkylation sites (tertiary alicyclic amines) is 1. The van der Waals surface area contributed by atoms with Crippen LogP contribution in [0, 0.1) is 5.92 Å². The SMILES string of the molecule is COc1cccc(N2CCN(C(=O)[C@H]3CCN(C)C(=O)C3)CC2)c1. The normalized spacial score (nSPS) is 21.8. The van der Waals surface area contributed by atoms with Gasteiger partial charge in [0, 0.05) is 63.9 Å². The second-order valence-corrected chi connectivity index (χ2v) is 6.52. The largest absolute Gasteiger partial charge is 0.497 e. The van der Waals surface area contributed by atoms with Gasteiger partial charge in [-0.05, 0) is 18.6 Å². The topological polar surface area (TPSA) is 53.1 Å². The third kappa shape index (κ3) is 3.47. The number of anilines is 1. The fourth-order valence-corrected chi connectivity index (χ4v) is 3.40. The summed E-state index contributed by atoms with van der Waals surface area (Å²) in [6.07, 6.45) is 1.13. The first-order chi connectivity index (χ1) is 11.6. The number of ether oxygens (including phenoxy) is 1. The molecule has 2 heterocycles. The highest BCUT2D eigenvalue weighted by atomic mass is 16.5. The van der Waals surface area contributed by atoms with Gasteiger partial charge in [-0.3, -0.25) is 9.59 Å². The molecule has 24 heavy (non-hydrogen) atoms. The van der Waals surface area contributed by atoms with E-state index >= 15 is 0 Å². The molecule has 0 saturated carbocycles. The summed E-state index contributed by atoms with van der Waals surface area (Å²) >= 11 is 0. The molecular formula is C18H25N3O3. The van der Waals surface area contributed by atoms with Gasteiger partial charge in [0.25, 0.3) is 0 Å². The van der Waals surface area contributed by atoms with Crippen LogP contribution >= 0.6 is 0 Å². The third-order valence-electron chi connectivity index (χ3n) is 5.02. The second kappa shape index (κ2) is 7.11. The molecule has 1 atom stereocenters. The van der Waals surface area contributed by atoms with Gasteiger partial charge in [-0.25, -0.2) is 0 Å². The zero-order valence-electron chi connectivity index (χ0n) is 14.4. The number of piperidine rings is 1. The van der Waals surface area contributed by atoms with Gasteiger partial charge in [0.05, 0.1) is 7.11 Å². The summed E-state index contributed by atoms with van der Waals surface area (Å²) in [5.74, 6) is 0.921. The van der Waals surface area contributed by atoms with Crippen molar-refractivity contribution in [3.05, 3.63) is 24.3 Å². The zero-order chi connectivity index (χ0) is 17.1. The van der Waals surface area contributed by atoms with E-state index in [1.165, 1.54) is 0 Å². The first-order valence-corrected chi connectivity index (χ1v) is 8.50. The van der Waals surface area contributed by atoms with E-state index in [9.17, 15) is 9.59 Å². The lowest BCUT2D eigenvalue weighted by Crippen LogP contribution is -2.52. The Hall–Kier alpha value is -2.24. The summed E-state index contributed by atoms with van der Waals surface area (Å²) in [5, 5.41) is 0. The number of methoxy groups -OCH3 is 1. The Bertz CT molecular complexity index is 611. The van der Waals surface area contributed by atoms with Crippen molar-refractivity contribution in [2.24, 2.45) is 5.92 Å². The number of hydrogen-bond donors (Lipinski definition) is 0. The predicted octanol–water partition coefficient (Wildman–Crippen LogP) is 1.21. The van der Waals surface area contributed by atoms with E-state index in [2.05, 4.69) is 11.0 Å². The lowest BCUT2D eigenvalue weighted by Gasteiger charge is -2.38. The molecule has 1 aromatic rings. The number of carbonyl (C=O) groups is 2. The van der Waals surface area contributed by atoms with E-state index in [0.29, 0.717) is 26.1 Å². The van der Waals surface area contributed by atoms with Crippen LogP contribution in [0.15, 0.2) is 24.3 Å². The molecule has 0 N–H and O–H groups in total. The fourth-order valence-electron chi connectivity index (χ4n) is 3.40. The molecule has 2 aliphatic rings. The van der Waals surface area contributed by atoms with Gasteiger partial charge < -0.3 is 19.4 Å². The molecule has 1 aromatic carbocycles. The van der Waals surface area contributed by atoms with Crippen molar-refractivity contribution in [2.75, 3.05) is 51.8 Å². The molecule has 2 saturated heterocycles. The average molecular weight is 331 g/mol. The molecule has 0 radical (unpaired) electrons. The monoisotopic (exact) mass is 331 g/mol. The van der Waals surface area contributed by atoms with E-state index in [1.54, 1.807) is 19.1 Å². The zero-order valence-corrected chi connectivity index (χ0v) is 14.4. The maximum Gasteiger partial charge on any atom is 0.226 e. The highest BCUT2D eigenvalue weighted by Crippen LogP contribution is 2.24. The summed E-state index contributed by atoms with van der Waals surface area (Å²) in [6, 6.07) is 8.00. The van der Waals surface area contributed by atoms with Gasteiger partial charge >= 0.3 is 0 Å². The van der Waals surface area contributed by atoms with Gasteiger partial charge in [0.1, 0.15) is 5.75 Å². The summed E-state index contributed by atoms with van der Waals surface area (Å²) in [7, 11) is 3.47. The number of hydrogen-bond acceptors (Lipinski definition) is 4. The summed E-state index contributed by atoms with van der Waals surface area (Å²) in [5.41, 5.74) is 1.12. The van der Waals surface area contributed by atoms with Crippen molar-refractivity contribution < 1.29 is 14.3 Å². The van der Waals surface area contributed by atoms with Crippen molar-refractivity contribution in [3.8, 4) is 5.75 Å².